The van der Waals surface area contributed by atoms with Gasteiger partial charge in [-0.1, -0.05) is 6.07 Å². The Kier molecular flexibility index (Phi) is 5.44. The van der Waals surface area contributed by atoms with Gasteiger partial charge in [-0.05, 0) is 37.8 Å². The van der Waals surface area contributed by atoms with Crippen LogP contribution in [0.1, 0.15) is 30.9 Å². The van der Waals surface area contributed by atoms with E-state index in [0.717, 1.165) is 29.9 Å². The molecule has 0 aromatic heterocycles. The highest BCUT2D eigenvalue weighted by Gasteiger charge is 2.24. The molecule has 21 heavy (non-hydrogen) atoms. The molecule has 1 unspecified atom stereocenters. The first-order chi connectivity index (χ1) is 10.2. The third-order valence-corrected chi connectivity index (χ3v) is 3.57. The molecule has 1 atom stereocenters. The molecular weight excluding hydrogens is 270 g/mol. The Morgan fingerprint density at radius 2 is 2.19 bits per heavy atom. The van der Waals surface area contributed by atoms with Gasteiger partial charge in [0.2, 0.25) is 0 Å². The molecule has 0 aliphatic heterocycles. The predicted molar refractivity (Wildman–Crippen MR) is 79.7 cm³/mol. The number of carbonyl (C=O) groups excluding carboxylic acids is 1. The quantitative estimate of drug-likeness (QED) is 0.613. The monoisotopic (exact) mass is 293 g/mol. The minimum Gasteiger partial charge on any atom is -0.493 e. The highest BCUT2D eigenvalue weighted by molar-refractivity contribution is 5.69. The van der Waals surface area contributed by atoms with Crippen molar-refractivity contribution < 1.29 is 19.0 Å². The van der Waals surface area contributed by atoms with Gasteiger partial charge in [-0.3, -0.25) is 4.79 Å². The van der Waals surface area contributed by atoms with E-state index in [9.17, 15) is 4.79 Å². The van der Waals surface area contributed by atoms with Crippen molar-refractivity contribution in [3.8, 4) is 11.5 Å². The average Bonchev–Trinajstić information content (AvgIpc) is 2.84. The summed E-state index contributed by atoms with van der Waals surface area (Å²) in [6.45, 7) is 2.67. The van der Waals surface area contributed by atoms with Crippen LogP contribution in [0, 0.1) is 0 Å². The molecule has 0 heterocycles. The van der Waals surface area contributed by atoms with Crippen LogP contribution in [-0.2, 0) is 22.4 Å². The highest BCUT2D eigenvalue weighted by Crippen LogP contribution is 2.38. The lowest BCUT2D eigenvalue weighted by atomic mass is 10.1. The van der Waals surface area contributed by atoms with Gasteiger partial charge in [0.15, 0.2) is 11.5 Å². The van der Waals surface area contributed by atoms with Gasteiger partial charge in [0.05, 0.1) is 20.3 Å². The Balaban J connectivity index is 1.96. The first-order valence-electron chi connectivity index (χ1n) is 7.38. The number of fused-ring (bicyclic) bond motifs is 1. The Bertz CT molecular complexity index is 501. The van der Waals surface area contributed by atoms with E-state index in [4.69, 9.17) is 19.9 Å². The first-order valence-corrected chi connectivity index (χ1v) is 7.38. The summed E-state index contributed by atoms with van der Waals surface area (Å²) in [4.78, 5) is 11.3. The molecule has 5 heteroatoms. The molecule has 0 spiro atoms. The van der Waals surface area contributed by atoms with Crippen molar-refractivity contribution >= 4 is 5.97 Å². The van der Waals surface area contributed by atoms with E-state index < -0.39 is 0 Å². The summed E-state index contributed by atoms with van der Waals surface area (Å²) >= 11 is 0. The Labute approximate surface area is 125 Å². The summed E-state index contributed by atoms with van der Waals surface area (Å²) in [5.41, 5.74) is 8.38. The molecule has 0 saturated heterocycles. The second-order valence-corrected chi connectivity index (χ2v) is 5.16. The van der Waals surface area contributed by atoms with Crippen molar-refractivity contribution in [2.75, 3.05) is 20.3 Å². The van der Waals surface area contributed by atoms with Crippen LogP contribution in [0.5, 0.6) is 11.5 Å². The van der Waals surface area contributed by atoms with Crippen LogP contribution in [0.4, 0.5) is 0 Å². The molecule has 5 nitrogen and oxygen atoms in total. The van der Waals surface area contributed by atoms with E-state index in [-0.39, 0.29) is 12.0 Å². The minimum atomic E-state index is -0.187. The van der Waals surface area contributed by atoms with Gasteiger partial charge in [-0.25, -0.2) is 0 Å². The molecule has 0 radical (unpaired) electrons. The summed E-state index contributed by atoms with van der Waals surface area (Å²) in [5.74, 6) is 1.30. The van der Waals surface area contributed by atoms with Crippen molar-refractivity contribution in [1.29, 1.82) is 0 Å². The smallest absolute Gasteiger partial charge is 0.305 e. The van der Waals surface area contributed by atoms with E-state index >= 15 is 0 Å². The van der Waals surface area contributed by atoms with Gasteiger partial charge in [0.25, 0.3) is 0 Å². The number of hydrogen-bond acceptors (Lipinski definition) is 5. The Hall–Kier alpha value is -1.75. The van der Waals surface area contributed by atoms with Crippen LogP contribution < -0.4 is 15.2 Å². The molecular formula is C16H23NO4. The van der Waals surface area contributed by atoms with Crippen molar-refractivity contribution in [2.24, 2.45) is 5.73 Å². The van der Waals surface area contributed by atoms with Crippen LogP contribution in [0.15, 0.2) is 12.1 Å². The number of ether oxygens (including phenoxy) is 3. The van der Waals surface area contributed by atoms with Crippen LogP contribution in [0.2, 0.25) is 0 Å². The highest BCUT2D eigenvalue weighted by atomic mass is 16.5. The first kappa shape index (κ1) is 15.6. The molecule has 2 rings (SSSR count). The fraction of sp³-hybridized carbons (Fsp3) is 0.562. The van der Waals surface area contributed by atoms with E-state index in [2.05, 4.69) is 0 Å². The summed E-state index contributed by atoms with van der Waals surface area (Å²) in [6, 6.07) is 4.11. The molecule has 1 aliphatic carbocycles. The zero-order valence-corrected chi connectivity index (χ0v) is 12.7. The summed E-state index contributed by atoms with van der Waals surface area (Å²) in [6.07, 6.45) is 2.67. The number of rotatable bonds is 7. The fourth-order valence-corrected chi connectivity index (χ4v) is 2.62. The Morgan fingerprint density at radius 1 is 1.38 bits per heavy atom. The summed E-state index contributed by atoms with van der Waals surface area (Å²) < 4.78 is 16.1. The van der Waals surface area contributed by atoms with Gasteiger partial charge in [0.1, 0.15) is 0 Å². The molecule has 1 aromatic rings. The summed E-state index contributed by atoms with van der Waals surface area (Å²) in [5, 5.41) is 0. The molecule has 0 fully saturated rings. The molecule has 0 bridgehead atoms. The fourth-order valence-electron chi connectivity index (χ4n) is 2.62. The van der Waals surface area contributed by atoms with Gasteiger partial charge in [-0.2, -0.15) is 0 Å². The molecule has 0 saturated carbocycles. The SMILES string of the molecule is CCOC(=O)CCCOc1c(OC)ccc2c1CC(N)C2. The number of hydrogen-bond donors (Lipinski definition) is 1. The standard InChI is InChI=1S/C16H23NO4/c1-3-20-15(18)5-4-8-21-16-13-10-12(17)9-11(13)6-7-14(16)19-2/h6-7,12H,3-5,8-10,17H2,1-2H3. The van der Waals surface area contributed by atoms with Crippen molar-refractivity contribution in [3.05, 3.63) is 23.3 Å². The predicted octanol–water partition coefficient (Wildman–Crippen LogP) is 1.84. The average molecular weight is 293 g/mol. The third kappa shape index (κ3) is 3.88. The topological polar surface area (TPSA) is 70.8 Å². The summed E-state index contributed by atoms with van der Waals surface area (Å²) in [7, 11) is 1.63. The second kappa shape index (κ2) is 7.31. The van der Waals surface area contributed by atoms with E-state index in [0.29, 0.717) is 26.1 Å². The molecule has 116 valence electrons. The lowest BCUT2D eigenvalue weighted by Crippen LogP contribution is -2.19. The van der Waals surface area contributed by atoms with Crippen molar-refractivity contribution in [1.82, 2.24) is 0 Å². The maximum Gasteiger partial charge on any atom is 0.305 e. The molecule has 1 aliphatic rings. The van der Waals surface area contributed by atoms with Crippen LogP contribution in [-0.4, -0.2) is 32.3 Å². The van der Waals surface area contributed by atoms with E-state index in [1.807, 2.05) is 12.1 Å². The normalized spacial score (nSPS) is 16.4. The zero-order valence-electron chi connectivity index (χ0n) is 12.7. The molecule has 1 aromatic carbocycles. The lowest BCUT2D eigenvalue weighted by molar-refractivity contribution is -0.143. The second-order valence-electron chi connectivity index (χ2n) is 5.16. The number of nitrogens with two attached hydrogens (primary N) is 1. The van der Waals surface area contributed by atoms with Crippen LogP contribution in [0.3, 0.4) is 0 Å². The number of esters is 1. The van der Waals surface area contributed by atoms with Crippen LogP contribution in [0.25, 0.3) is 0 Å². The van der Waals surface area contributed by atoms with Crippen molar-refractivity contribution in [2.45, 2.75) is 38.6 Å². The molecule has 2 N–H and O–H groups in total. The third-order valence-electron chi connectivity index (χ3n) is 3.57. The van der Waals surface area contributed by atoms with E-state index in [1.54, 1.807) is 14.0 Å². The van der Waals surface area contributed by atoms with Crippen LogP contribution >= 0.6 is 0 Å². The number of methoxy groups -OCH3 is 1. The maximum absolute atomic E-state index is 11.3. The largest absolute Gasteiger partial charge is 0.493 e. The number of benzene rings is 1. The van der Waals surface area contributed by atoms with Gasteiger partial charge < -0.3 is 19.9 Å². The van der Waals surface area contributed by atoms with E-state index in [1.165, 1.54) is 5.56 Å². The minimum absolute atomic E-state index is 0.147. The Morgan fingerprint density at radius 3 is 2.90 bits per heavy atom. The van der Waals surface area contributed by atoms with Gasteiger partial charge >= 0.3 is 5.97 Å². The van der Waals surface area contributed by atoms with Gasteiger partial charge in [-0.15, -0.1) is 0 Å². The zero-order chi connectivity index (χ0) is 15.2. The molecule has 0 amide bonds. The maximum atomic E-state index is 11.3. The van der Waals surface area contributed by atoms with Crippen molar-refractivity contribution in [3.63, 3.8) is 0 Å². The van der Waals surface area contributed by atoms with Gasteiger partial charge in [0, 0.05) is 18.0 Å². The lowest BCUT2D eigenvalue weighted by Gasteiger charge is -2.14. The number of carbonyl (C=O) groups is 1.